The van der Waals surface area contributed by atoms with Crippen LogP contribution in [0.4, 0.5) is 0 Å². The van der Waals surface area contributed by atoms with E-state index < -0.39 is 0 Å². The van der Waals surface area contributed by atoms with E-state index in [1.807, 2.05) is 4.90 Å². The molecule has 0 amide bonds. The van der Waals surface area contributed by atoms with Crippen LogP contribution in [0, 0.1) is 23.7 Å². The number of hydrogen-bond acceptors (Lipinski definition) is 1. The number of nitrogens with one attached hydrogen (secondary N) is 1. The molecular formula is C18H35N2+. The Labute approximate surface area is 125 Å². The standard InChI is InChI=1S/C18H34N2/c1-13-5-6-19-11-16(4)20(18(19)10-13)12-17-8-14(2)7-15(3)9-17/h13-18H,5-12H2,1-4H3/p+1. The third-order valence-electron chi connectivity index (χ3n) is 6.35. The summed E-state index contributed by atoms with van der Waals surface area (Å²) in [4.78, 5) is 4.73. The van der Waals surface area contributed by atoms with Gasteiger partial charge in [-0.3, -0.25) is 0 Å². The molecule has 1 saturated carbocycles. The van der Waals surface area contributed by atoms with Crippen LogP contribution in [0.2, 0.25) is 0 Å². The lowest BCUT2D eigenvalue weighted by atomic mass is 9.76. The molecule has 0 aromatic carbocycles. The third-order valence-corrected chi connectivity index (χ3v) is 6.35. The third kappa shape index (κ3) is 3.06. The van der Waals surface area contributed by atoms with Crippen LogP contribution in [0.15, 0.2) is 0 Å². The van der Waals surface area contributed by atoms with Gasteiger partial charge < -0.3 is 4.90 Å². The summed E-state index contributed by atoms with van der Waals surface area (Å²) in [6, 6.07) is 0.859. The van der Waals surface area contributed by atoms with E-state index >= 15 is 0 Å². The highest BCUT2D eigenvalue weighted by Gasteiger charge is 2.44. The van der Waals surface area contributed by atoms with Crippen molar-refractivity contribution in [3.63, 3.8) is 0 Å². The summed E-state index contributed by atoms with van der Waals surface area (Å²) < 4.78 is 0. The van der Waals surface area contributed by atoms with Gasteiger partial charge >= 0.3 is 0 Å². The summed E-state index contributed by atoms with van der Waals surface area (Å²) in [6.07, 6.45) is 8.16. The van der Waals surface area contributed by atoms with E-state index in [1.54, 1.807) is 0 Å². The average molecular weight is 279 g/mol. The van der Waals surface area contributed by atoms with Crippen molar-refractivity contribution >= 4 is 0 Å². The van der Waals surface area contributed by atoms with Crippen LogP contribution in [0.1, 0.15) is 59.8 Å². The highest BCUT2D eigenvalue weighted by Crippen LogP contribution is 2.32. The molecule has 3 aliphatic rings. The largest absolute Gasteiger partial charge is 0.316 e. The minimum atomic E-state index is 0.848. The summed E-state index contributed by atoms with van der Waals surface area (Å²) in [7, 11) is 0. The van der Waals surface area contributed by atoms with Gasteiger partial charge in [0.2, 0.25) is 0 Å². The summed E-state index contributed by atoms with van der Waals surface area (Å²) in [5.41, 5.74) is 0. The maximum Gasteiger partial charge on any atom is 0.144 e. The molecule has 20 heavy (non-hydrogen) atoms. The van der Waals surface area contributed by atoms with Gasteiger partial charge in [-0.15, -0.1) is 0 Å². The molecule has 116 valence electrons. The van der Waals surface area contributed by atoms with E-state index in [0.717, 1.165) is 35.9 Å². The summed E-state index contributed by atoms with van der Waals surface area (Å²) in [5.74, 6) is 3.86. The summed E-state index contributed by atoms with van der Waals surface area (Å²) >= 11 is 0. The number of hydrogen-bond donors (Lipinski definition) is 1. The van der Waals surface area contributed by atoms with E-state index in [4.69, 9.17) is 0 Å². The second-order valence-electron chi connectivity index (χ2n) is 8.60. The molecule has 0 radical (unpaired) electrons. The molecule has 6 atom stereocenters. The first-order valence-corrected chi connectivity index (χ1v) is 9.12. The van der Waals surface area contributed by atoms with Gasteiger partial charge in [-0.1, -0.05) is 20.8 Å². The van der Waals surface area contributed by atoms with Crippen LogP contribution in [-0.4, -0.2) is 36.7 Å². The van der Waals surface area contributed by atoms with Crippen molar-refractivity contribution in [2.75, 3.05) is 19.6 Å². The fraction of sp³-hybridized carbons (Fsp3) is 1.00. The van der Waals surface area contributed by atoms with E-state index in [2.05, 4.69) is 32.6 Å². The van der Waals surface area contributed by atoms with Crippen LogP contribution in [0.5, 0.6) is 0 Å². The van der Waals surface area contributed by atoms with E-state index in [0.29, 0.717) is 0 Å². The van der Waals surface area contributed by atoms with E-state index in [-0.39, 0.29) is 0 Å². The van der Waals surface area contributed by atoms with Gasteiger partial charge in [-0.2, -0.15) is 0 Å². The molecule has 1 aliphatic carbocycles. The van der Waals surface area contributed by atoms with Gasteiger partial charge in [0.25, 0.3) is 0 Å². The molecule has 0 bridgehead atoms. The Morgan fingerprint density at radius 1 is 0.900 bits per heavy atom. The normalized spacial score (nSPS) is 50.1. The van der Waals surface area contributed by atoms with Gasteiger partial charge in [0.05, 0.1) is 19.1 Å². The molecular weight excluding hydrogens is 244 g/mol. The minimum Gasteiger partial charge on any atom is -0.316 e. The van der Waals surface area contributed by atoms with E-state index in [1.165, 1.54) is 51.7 Å². The van der Waals surface area contributed by atoms with Gasteiger partial charge in [-0.25, -0.2) is 4.90 Å². The molecule has 3 rings (SSSR count). The van der Waals surface area contributed by atoms with Crippen molar-refractivity contribution in [2.45, 2.75) is 72.0 Å². The highest BCUT2D eigenvalue weighted by molar-refractivity contribution is 4.81. The zero-order valence-corrected chi connectivity index (χ0v) is 14.1. The molecule has 0 aromatic rings. The van der Waals surface area contributed by atoms with Crippen molar-refractivity contribution in [1.29, 1.82) is 0 Å². The summed E-state index contributed by atoms with van der Waals surface area (Å²) in [5, 5.41) is 0. The maximum atomic E-state index is 2.80. The minimum absolute atomic E-state index is 0.848. The predicted molar refractivity (Wildman–Crippen MR) is 84.7 cm³/mol. The second-order valence-corrected chi connectivity index (χ2v) is 8.60. The Bertz CT molecular complexity index is 319. The highest BCUT2D eigenvalue weighted by atomic mass is 15.4. The monoisotopic (exact) mass is 279 g/mol. The number of fused-ring (bicyclic) bond motifs is 1. The number of quaternary nitrogens is 1. The first-order chi connectivity index (χ1) is 9.52. The Balaban J connectivity index is 1.63. The Kier molecular flexibility index (Phi) is 4.42. The van der Waals surface area contributed by atoms with Gasteiger partial charge in [0, 0.05) is 18.9 Å². The topological polar surface area (TPSA) is 7.68 Å². The Hall–Kier alpha value is -0.0800. The SMILES string of the molecule is CC1CC(C)CC(C[NH+]2C(C)CN3CCC(C)CC32)C1. The smallest absolute Gasteiger partial charge is 0.144 e. The maximum absolute atomic E-state index is 2.80. The Morgan fingerprint density at radius 3 is 2.30 bits per heavy atom. The van der Waals surface area contributed by atoms with Gasteiger partial charge in [0.1, 0.15) is 6.17 Å². The van der Waals surface area contributed by atoms with Crippen molar-refractivity contribution in [3.8, 4) is 0 Å². The zero-order chi connectivity index (χ0) is 14.3. The molecule has 0 aromatic heterocycles. The van der Waals surface area contributed by atoms with Crippen LogP contribution in [0.25, 0.3) is 0 Å². The number of piperidine rings is 1. The molecule has 2 saturated heterocycles. The Morgan fingerprint density at radius 2 is 1.60 bits per heavy atom. The molecule has 0 spiro atoms. The lowest BCUT2D eigenvalue weighted by molar-refractivity contribution is -0.943. The molecule has 3 fully saturated rings. The van der Waals surface area contributed by atoms with Crippen LogP contribution in [-0.2, 0) is 0 Å². The molecule has 6 unspecified atom stereocenters. The van der Waals surface area contributed by atoms with Crippen LogP contribution in [0.3, 0.4) is 0 Å². The van der Waals surface area contributed by atoms with E-state index in [9.17, 15) is 0 Å². The zero-order valence-electron chi connectivity index (χ0n) is 14.1. The fourth-order valence-corrected chi connectivity index (χ4v) is 5.54. The average Bonchev–Trinajstić information content (AvgIpc) is 2.65. The molecule has 2 nitrogen and oxygen atoms in total. The lowest BCUT2D eigenvalue weighted by Crippen LogP contribution is -3.18. The predicted octanol–water partition coefficient (Wildman–Crippen LogP) is 2.40. The van der Waals surface area contributed by atoms with Crippen molar-refractivity contribution in [1.82, 2.24) is 4.90 Å². The van der Waals surface area contributed by atoms with Crippen molar-refractivity contribution in [3.05, 3.63) is 0 Å². The second kappa shape index (κ2) is 5.96. The summed E-state index contributed by atoms with van der Waals surface area (Å²) in [6.45, 7) is 14.1. The van der Waals surface area contributed by atoms with Crippen molar-refractivity contribution in [2.24, 2.45) is 23.7 Å². The first kappa shape index (κ1) is 14.8. The lowest BCUT2D eigenvalue weighted by Gasteiger charge is -2.38. The number of nitrogens with zero attached hydrogens (tertiary/aromatic N) is 1. The molecule has 1 N–H and O–H groups in total. The van der Waals surface area contributed by atoms with Crippen LogP contribution < -0.4 is 4.90 Å². The first-order valence-electron chi connectivity index (χ1n) is 9.12. The fourth-order valence-electron chi connectivity index (χ4n) is 5.54. The van der Waals surface area contributed by atoms with Gasteiger partial charge in [0.15, 0.2) is 0 Å². The van der Waals surface area contributed by atoms with Gasteiger partial charge in [-0.05, 0) is 50.4 Å². The van der Waals surface area contributed by atoms with Crippen LogP contribution >= 0.6 is 0 Å². The molecule has 2 aliphatic heterocycles. The molecule has 2 heteroatoms. The quantitative estimate of drug-likeness (QED) is 0.815. The number of rotatable bonds is 2. The molecule has 2 heterocycles. The van der Waals surface area contributed by atoms with Crippen molar-refractivity contribution < 1.29 is 4.90 Å².